The number of hydrogen-bond donors (Lipinski definition) is 0. The average Bonchev–Trinajstić information content (AvgIpc) is 3.05. The van der Waals surface area contributed by atoms with Gasteiger partial charge in [-0.3, -0.25) is 0 Å². The van der Waals surface area contributed by atoms with Crippen LogP contribution in [0.5, 0.6) is 5.75 Å². The Kier molecular flexibility index (Phi) is 5.03. The molecule has 0 unspecified atom stereocenters. The molecule has 4 rings (SSSR count). The van der Waals surface area contributed by atoms with Crippen LogP contribution in [0.2, 0.25) is 0 Å². The van der Waals surface area contributed by atoms with E-state index < -0.39 is 0 Å². The smallest absolute Gasteiger partial charge is 0.118 e. The van der Waals surface area contributed by atoms with Crippen molar-refractivity contribution in [2.75, 3.05) is 7.11 Å². The average molecular weight is 372 g/mol. The highest BCUT2D eigenvalue weighted by Gasteiger charge is 2.17. The molecule has 0 bridgehead atoms. The lowest BCUT2D eigenvalue weighted by atomic mass is 10.1. The van der Waals surface area contributed by atoms with Gasteiger partial charge in [0.2, 0.25) is 0 Å². The topological polar surface area (TPSA) is 14.2 Å². The summed E-state index contributed by atoms with van der Waals surface area (Å²) in [4.78, 5) is 1.22. The number of nitrogens with zero attached hydrogens (tertiary/aromatic N) is 1. The van der Waals surface area contributed by atoms with E-state index in [2.05, 4.69) is 90.4 Å². The van der Waals surface area contributed by atoms with E-state index in [0.717, 1.165) is 5.75 Å². The van der Waals surface area contributed by atoms with Crippen LogP contribution in [0.1, 0.15) is 5.69 Å². The van der Waals surface area contributed by atoms with Crippen molar-refractivity contribution in [3.8, 4) is 22.6 Å². The Morgan fingerprint density at radius 2 is 1.41 bits per heavy atom. The number of para-hydroxylation sites is 1. The van der Waals surface area contributed by atoms with Crippen molar-refractivity contribution in [3.63, 3.8) is 0 Å². The standard InChI is InChI=1S/C24H21NOS/c1-18-17-23(19-13-15-21(26-2)16-14-19)24(27-22-11-7-4-8-12-22)25(18)20-9-5-3-6-10-20/h3-17H,1-2H3. The first-order chi connectivity index (χ1) is 13.3. The molecule has 1 aromatic heterocycles. The molecule has 3 aromatic carbocycles. The van der Waals surface area contributed by atoms with Gasteiger partial charge in [0.1, 0.15) is 5.75 Å². The lowest BCUT2D eigenvalue weighted by Crippen LogP contribution is -1.98. The lowest BCUT2D eigenvalue weighted by molar-refractivity contribution is 0.415. The number of rotatable bonds is 5. The second-order valence-electron chi connectivity index (χ2n) is 6.32. The van der Waals surface area contributed by atoms with E-state index in [9.17, 15) is 0 Å². The fourth-order valence-corrected chi connectivity index (χ4v) is 4.34. The van der Waals surface area contributed by atoms with Crippen molar-refractivity contribution in [1.82, 2.24) is 4.57 Å². The molecule has 134 valence electrons. The second-order valence-corrected chi connectivity index (χ2v) is 7.38. The van der Waals surface area contributed by atoms with Crippen LogP contribution >= 0.6 is 11.8 Å². The normalized spacial score (nSPS) is 10.7. The summed E-state index contributed by atoms with van der Waals surface area (Å²) in [5, 5.41) is 1.22. The first-order valence-corrected chi connectivity index (χ1v) is 9.73. The minimum Gasteiger partial charge on any atom is -0.497 e. The number of methoxy groups -OCH3 is 1. The van der Waals surface area contributed by atoms with Gasteiger partial charge in [0.05, 0.1) is 12.1 Å². The first-order valence-electron chi connectivity index (χ1n) is 8.91. The van der Waals surface area contributed by atoms with Crippen LogP contribution in [0.4, 0.5) is 0 Å². The molecule has 0 N–H and O–H groups in total. The van der Waals surface area contributed by atoms with Gasteiger partial charge >= 0.3 is 0 Å². The molecule has 0 saturated carbocycles. The number of ether oxygens (including phenoxy) is 1. The van der Waals surface area contributed by atoms with Crippen LogP contribution in [0, 0.1) is 6.92 Å². The van der Waals surface area contributed by atoms with Gasteiger partial charge in [0.15, 0.2) is 0 Å². The Morgan fingerprint density at radius 1 is 0.778 bits per heavy atom. The van der Waals surface area contributed by atoms with Crippen molar-refractivity contribution in [2.24, 2.45) is 0 Å². The van der Waals surface area contributed by atoms with Gasteiger partial charge in [-0.15, -0.1) is 0 Å². The van der Waals surface area contributed by atoms with Gasteiger partial charge in [-0.2, -0.15) is 0 Å². The largest absolute Gasteiger partial charge is 0.497 e. The number of aryl methyl sites for hydroxylation is 1. The molecule has 0 spiro atoms. The summed E-state index contributed by atoms with van der Waals surface area (Å²) in [7, 11) is 1.70. The summed E-state index contributed by atoms with van der Waals surface area (Å²) < 4.78 is 7.65. The van der Waals surface area contributed by atoms with Gasteiger partial charge in [-0.25, -0.2) is 0 Å². The SMILES string of the molecule is COc1ccc(-c2cc(C)n(-c3ccccc3)c2Sc2ccccc2)cc1. The highest BCUT2D eigenvalue weighted by atomic mass is 32.2. The van der Waals surface area contributed by atoms with Crippen LogP contribution in [-0.4, -0.2) is 11.7 Å². The zero-order valence-corrected chi connectivity index (χ0v) is 16.2. The zero-order valence-electron chi connectivity index (χ0n) is 15.4. The molecule has 1 heterocycles. The van der Waals surface area contributed by atoms with Crippen LogP contribution in [-0.2, 0) is 0 Å². The predicted molar refractivity (Wildman–Crippen MR) is 113 cm³/mol. The summed E-state index contributed by atoms with van der Waals surface area (Å²) in [6.45, 7) is 2.16. The Balaban J connectivity index is 1.87. The maximum Gasteiger partial charge on any atom is 0.118 e. The van der Waals surface area contributed by atoms with E-state index in [1.54, 1.807) is 18.9 Å². The molecule has 0 fully saturated rings. The second kappa shape index (κ2) is 7.77. The van der Waals surface area contributed by atoms with Gasteiger partial charge < -0.3 is 9.30 Å². The molecule has 4 aromatic rings. The highest BCUT2D eigenvalue weighted by Crippen LogP contribution is 2.40. The zero-order chi connectivity index (χ0) is 18.6. The van der Waals surface area contributed by atoms with E-state index in [1.807, 2.05) is 12.1 Å². The molecule has 0 aliphatic carbocycles. The summed E-state index contributed by atoms with van der Waals surface area (Å²) in [5.74, 6) is 0.871. The quantitative estimate of drug-likeness (QED) is 0.392. The molecule has 0 aliphatic rings. The molecule has 0 radical (unpaired) electrons. The lowest BCUT2D eigenvalue weighted by Gasteiger charge is -2.13. The summed E-state index contributed by atoms with van der Waals surface area (Å²) in [5.41, 5.74) is 4.80. The minimum atomic E-state index is 0.871. The molecular weight excluding hydrogens is 350 g/mol. The van der Waals surface area contributed by atoms with Gasteiger partial charge in [-0.1, -0.05) is 60.3 Å². The fourth-order valence-electron chi connectivity index (χ4n) is 3.19. The maximum atomic E-state index is 5.32. The van der Waals surface area contributed by atoms with Gasteiger partial charge in [0.25, 0.3) is 0 Å². The molecule has 0 saturated heterocycles. The number of hydrogen-bond acceptors (Lipinski definition) is 2. The van der Waals surface area contributed by atoms with E-state index in [0.29, 0.717) is 0 Å². The first kappa shape index (κ1) is 17.5. The van der Waals surface area contributed by atoms with Crippen molar-refractivity contribution < 1.29 is 4.74 Å². The number of aromatic nitrogens is 1. The molecule has 27 heavy (non-hydrogen) atoms. The summed E-state index contributed by atoms with van der Waals surface area (Å²) in [6, 6.07) is 31.6. The predicted octanol–water partition coefficient (Wildman–Crippen LogP) is 6.61. The fraction of sp³-hybridized carbons (Fsp3) is 0.0833. The van der Waals surface area contributed by atoms with Crippen molar-refractivity contribution >= 4 is 11.8 Å². The van der Waals surface area contributed by atoms with Crippen molar-refractivity contribution in [1.29, 1.82) is 0 Å². The van der Waals surface area contributed by atoms with E-state index in [1.165, 1.54) is 32.4 Å². The molecule has 0 aliphatic heterocycles. The van der Waals surface area contributed by atoms with Gasteiger partial charge in [0, 0.05) is 21.8 Å². The van der Waals surface area contributed by atoms with E-state index in [4.69, 9.17) is 4.74 Å². The Morgan fingerprint density at radius 3 is 2.04 bits per heavy atom. The van der Waals surface area contributed by atoms with Crippen molar-refractivity contribution in [3.05, 3.63) is 96.7 Å². The molecular formula is C24H21NOS. The molecule has 0 atom stereocenters. The Labute approximate surface area is 164 Å². The minimum absolute atomic E-state index is 0.871. The van der Waals surface area contributed by atoms with E-state index in [-0.39, 0.29) is 0 Å². The summed E-state index contributed by atoms with van der Waals surface area (Å²) in [6.07, 6.45) is 0. The third-order valence-electron chi connectivity index (χ3n) is 4.51. The van der Waals surface area contributed by atoms with E-state index >= 15 is 0 Å². The molecule has 0 amide bonds. The Bertz CT molecular complexity index is 1020. The summed E-state index contributed by atoms with van der Waals surface area (Å²) >= 11 is 1.79. The molecule has 2 nitrogen and oxygen atoms in total. The van der Waals surface area contributed by atoms with Crippen LogP contribution in [0.15, 0.2) is 101 Å². The van der Waals surface area contributed by atoms with Crippen LogP contribution < -0.4 is 4.74 Å². The third-order valence-corrected chi connectivity index (χ3v) is 5.62. The highest BCUT2D eigenvalue weighted by molar-refractivity contribution is 7.99. The maximum absolute atomic E-state index is 5.32. The Hall–Kier alpha value is -2.91. The third kappa shape index (κ3) is 3.64. The van der Waals surface area contributed by atoms with Gasteiger partial charge in [-0.05, 0) is 55.0 Å². The van der Waals surface area contributed by atoms with Crippen LogP contribution in [0.3, 0.4) is 0 Å². The monoisotopic (exact) mass is 371 g/mol. The van der Waals surface area contributed by atoms with Crippen molar-refractivity contribution in [2.45, 2.75) is 16.8 Å². The van der Waals surface area contributed by atoms with Crippen LogP contribution in [0.25, 0.3) is 16.8 Å². The molecule has 3 heteroatoms. The number of benzene rings is 3.